The number of hydrogen-bond donors (Lipinski definition) is 1. The van der Waals surface area contributed by atoms with Crippen molar-refractivity contribution >= 4 is 0 Å². The van der Waals surface area contributed by atoms with Crippen LogP contribution in [-0.2, 0) is 0 Å². The minimum absolute atomic E-state index is 0.0247. The average molecular weight is 270 g/mol. The Labute approximate surface area is 114 Å². The average Bonchev–Trinajstić information content (AvgIpc) is 2.35. The topological polar surface area (TPSA) is 29.3 Å². The molecule has 0 saturated heterocycles. The molecule has 2 N–H and O–H groups in total. The van der Waals surface area contributed by atoms with E-state index in [0.29, 0.717) is 12.1 Å². The predicted octanol–water partition coefficient (Wildman–Crippen LogP) is 3.13. The summed E-state index contributed by atoms with van der Waals surface area (Å²) in [4.78, 5) is 2.31. The van der Waals surface area contributed by atoms with Gasteiger partial charge < -0.3 is 10.6 Å². The van der Waals surface area contributed by atoms with Crippen LogP contribution in [0.25, 0.3) is 0 Å². The van der Waals surface area contributed by atoms with E-state index in [9.17, 15) is 8.78 Å². The van der Waals surface area contributed by atoms with Gasteiger partial charge in [0.2, 0.25) is 0 Å². The Balaban J connectivity index is 2.80. The molecule has 0 aromatic heterocycles. The van der Waals surface area contributed by atoms with Crippen LogP contribution in [0, 0.1) is 11.6 Å². The van der Waals surface area contributed by atoms with Crippen molar-refractivity contribution in [1.82, 2.24) is 4.90 Å². The van der Waals surface area contributed by atoms with Crippen molar-refractivity contribution in [1.29, 1.82) is 0 Å². The Hall–Kier alpha value is -1.00. The lowest BCUT2D eigenvalue weighted by molar-refractivity contribution is 0.258. The zero-order valence-corrected chi connectivity index (χ0v) is 11.8. The van der Waals surface area contributed by atoms with Gasteiger partial charge in [-0.15, -0.1) is 0 Å². The highest BCUT2D eigenvalue weighted by atomic mass is 19.1. The molecule has 0 aliphatic carbocycles. The van der Waals surface area contributed by atoms with Crippen molar-refractivity contribution in [2.75, 3.05) is 26.2 Å². The normalized spacial score (nSPS) is 12.9. The number of hydrogen-bond acceptors (Lipinski definition) is 2. The van der Waals surface area contributed by atoms with Crippen molar-refractivity contribution in [3.63, 3.8) is 0 Å². The van der Waals surface area contributed by atoms with Crippen LogP contribution < -0.4 is 5.73 Å². The second-order valence-corrected chi connectivity index (χ2v) is 4.94. The third kappa shape index (κ3) is 5.25. The fraction of sp³-hybridized carbons (Fsp3) is 0.600. The Kier molecular flexibility index (Phi) is 6.95. The second kappa shape index (κ2) is 8.23. The van der Waals surface area contributed by atoms with E-state index in [0.717, 1.165) is 38.5 Å². The SMILES string of the molecule is CCCN(CCC)CC(CN)c1cc(F)cc(F)c1. The van der Waals surface area contributed by atoms with Gasteiger partial charge in [-0.05, 0) is 43.6 Å². The van der Waals surface area contributed by atoms with E-state index in [1.54, 1.807) is 0 Å². The quantitative estimate of drug-likeness (QED) is 0.786. The molecule has 0 amide bonds. The molecule has 1 aromatic carbocycles. The molecule has 0 aliphatic heterocycles. The molecule has 0 saturated carbocycles. The first-order chi connectivity index (χ1) is 9.10. The first kappa shape index (κ1) is 16.1. The summed E-state index contributed by atoms with van der Waals surface area (Å²) < 4.78 is 26.5. The van der Waals surface area contributed by atoms with Crippen molar-refractivity contribution in [2.24, 2.45) is 5.73 Å². The highest BCUT2D eigenvalue weighted by Gasteiger charge is 2.15. The summed E-state index contributed by atoms with van der Waals surface area (Å²) in [5.41, 5.74) is 6.42. The third-order valence-electron chi connectivity index (χ3n) is 3.20. The molecule has 1 atom stereocenters. The molecular weight excluding hydrogens is 246 g/mol. The van der Waals surface area contributed by atoms with E-state index in [4.69, 9.17) is 5.73 Å². The minimum atomic E-state index is -0.536. The molecule has 1 unspecified atom stereocenters. The lowest BCUT2D eigenvalue weighted by Crippen LogP contribution is -2.33. The van der Waals surface area contributed by atoms with Gasteiger partial charge in [-0.2, -0.15) is 0 Å². The van der Waals surface area contributed by atoms with Crippen LogP contribution in [0.15, 0.2) is 18.2 Å². The third-order valence-corrected chi connectivity index (χ3v) is 3.20. The van der Waals surface area contributed by atoms with Gasteiger partial charge in [-0.3, -0.25) is 0 Å². The van der Waals surface area contributed by atoms with Gasteiger partial charge in [0.15, 0.2) is 0 Å². The first-order valence-corrected chi connectivity index (χ1v) is 6.99. The van der Waals surface area contributed by atoms with Gasteiger partial charge in [-0.25, -0.2) is 8.78 Å². The number of halogens is 2. The van der Waals surface area contributed by atoms with Crippen molar-refractivity contribution < 1.29 is 8.78 Å². The van der Waals surface area contributed by atoms with Gasteiger partial charge >= 0.3 is 0 Å². The standard InChI is InChI=1S/C15H24F2N2/c1-3-5-19(6-4-2)11-13(10-18)12-7-14(16)9-15(17)8-12/h7-9,13H,3-6,10-11,18H2,1-2H3. The van der Waals surface area contributed by atoms with E-state index in [2.05, 4.69) is 18.7 Å². The summed E-state index contributed by atoms with van der Waals surface area (Å²) in [6.45, 7) is 7.38. The zero-order chi connectivity index (χ0) is 14.3. The molecule has 4 heteroatoms. The smallest absolute Gasteiger partial charge is 0.126 e. The molecule has 1 rings (SSSR count). The number of rotatable bonds is 8. The summed E-state index contributed by atoms with van der Waals surface area (Å²) in [6.07, 6.45) is 2.13. The van der Waals surface area contributed by atoms with E-state index in [1.165, 1.54) is 12.1 Å². The van der Waals surface area contributed by atoms with E-state index < -0.39 is 11.6 Å². The maximum absolute atomic E-state index is 13.3. The summed E-state index contributed by atoms with van der Waals surface area (Å²) in [6, 6.07) is 3.67. The fourth-order valence-corrected chi connectivity index (χ4v) is 2.37. The molecule has 0 radical (unpaired) electrons. The van der Waals surface area contributed by atoms with Crippen LogP contribution in [0.1, 0.15) is 38.2 Å². The summed E-state index contributed by atoms with van der Waals surface area (Å²) in [7, 11) is 0. The molecule has 0 bridgehead atoms. The number of nitrogens with two attached hydrogens (primary N) is 1. The van der Waals surface area contributed by atoms with Crippen LogP contribution in [0.3, 0.4) is 0 Å². The number of nitrogens with zero attached hydrogens (tertiary/aromatic N) is 1. The highest BCUT2D eigenvalue weighted by molar-refractivity contribution is 5.22. The second-order valence-electron chi connectivity index (χ2n) is 4.94. The minimum Gasteiger partial charge on any atom is -0.330 e. The summed E-state index contributed by atoms with van der Waals surface area (Å²) >= 11 is 0. The summed E-state index contributed by atoms with van der Waals surface area (Å²) in [5, 5.41) is 0. The Morgan fingerprint density at radius 2 is 1.58 bits per heavy atom. The van der Waals surface area contributed by atoms with Gasteiger partial charge in [0.25, 0.3) is 0 Å². The Bertz CT molecular complexity index is 356. The molecule has 0 fully saturated rings. The Morgan fingerprint density at radius 1 is 1.05 bits per heavy atom. The van der Waals surface area contributed by atoms with Crippen LogP contribution in [0.5, 0.6) is 0 Å². The van der Waals surface area contributed by atoms with Crippen molar-refractivity contribution in [2.45, 2.75) is 32.6 Å². The summed E-state index contributed by atoms with van der Waals surface area (Å²) in [5.74, 6) is -1.10. The van der Waals surface area contributed by atoms with Crippen molar-refractivity contribution in [3.05, 3.63) is 35.4 Å². The van der Waals surface area contributed by atoms with Gasteiger partial charge in [0.1, 0.15) is 11.6 Å². The molecule has 108 valence electrons. The maximum atomic E-state index is 13.3. The lowest BCUT2D eigenvalue weighted by atomic mass is 9.98. The van der Waals surface area contributed by atoms with Crippen LogP contribution in [0.4, 0.5) is 8.78 Å². The molecule has 19 heavy (non-hydrogen) atoms. The van der Waals surface area contributed by atoms with Gasteiger partial charge in [0, 0.05) is 25.1 Å². The largest absolute Gasteiger partial charge is 0.330 e. The van der Waals surface area contributed by atoms with Crippen LogP contribution in [-0.4, -0.2) is 31.1 Å². The highest BCUT2D eigenvalue weighted by Crippen LogP contribution is 2.19. The maximum Gasteiger partial charge on any atom is 0.126 e. The molecule has 0 spiro atoms. The van der Waals surface area contributed by atoms with E-state index in [1.807, 2.05) is 0 Å². The Morgan fingerprint density at radius 3 is 2.00 bits per heavy atom. The van der Waals surface area contributed by atoms with Crippen molar-refractivity contribution in [3.8, 4) is 0 Å². The van der Waals surface area contributed by atoms with Crippen LogP contribution >= 0.6 is 0 Å². The van der Waals surface area contributed by atoms with E-state index in [-0.39, 0.29) is 5.92 Å². The number of benzene rings is 1. The van der Waals surface area contributed by atoms with Crippen LogP contribution in [0.2, 0.25) is 0 Å². The monoisotopic (exact) mass is 270 g/mol. The molecule has 0 aliphatic rings. The van der Waals surface area contributed by atoms with E-state index >= 15 is 0 Å². The predicted molar refractivity (Wildman–Crippen MR) is 75.2 cm³/mol. The molecule has 0 heterocycles. The fourth-order valence-electron chi connectivity index (χ4n) is 2.37. The molecular formula is C15H24F2N2. The molecule has 1 aromatic rings. The van der Waals surface area contributed by atoms with Gasteiger partial charge in [0.05, 0.1) is 0 Å². The molecule has 2 nitrogen and oxygen atoms in total. The zero-order valence-electron chi connectivity index (χ0n) is 11.8. The lowest BCUT2D eigenvalue weighted by Gasteiger charge is -2.26. The van der Waals surface area contributed by atoms with Gasteiger partial charge in [-0.1, -0.05) is 13.8 Å². The first-order valence-electron chi connectivity index (χ1n) is 6.99.